The van der Waals surface area contributed by atoms with Crippen molar-refractivity contribution in [1.29, 1.82) is 0 Å². The van der Waals surface area contributed by atoms with E-state index in [1.165, 1.54) is 0 Å². The molecule has 0 aromatic heterocycles. The van der Waals surface area contributed by atoms with Gasteiger partial charge >= 0.3 is 6.03 Å². The first-order chi connectivity index (χ1) is 15.0. The van der Waals surface area contributed by atoms with Gasteiger partial charge in [-0.25, -0.2) is 4.79 Å². The van der Waals surface area contributed by atoms with Gasteiger partial charge in [-0.3, -0.25) is 14.5 Å². The molecule has 0 unspecified atom stereocenters. The number of urea groups is 1. The van der Waals surface area contributed by atoms with Crippen molar-refractivity contribution in [3.05, 3.63) is 53.6 Å². The highest BCUT2D eigenvalue weighted by Crippen LogP contribution is 2.41. The molecule has 2 aromatic rings. The molecule has 2 aromatic carbocycles. The van der Waals surface area contributed by atoms with Gasteiger partial charge in [-0.15, -0.1) is 0 Å². The highest BCUT2D eigenvalue weighted by atomic mass is 16.7. The third-order valence-electron chi connectivity index (χ3n) is 5.83. The van der Waals surface area contributed by atoms with Gasteiger partial charge < -0.3 is 24.8 Å². The summed E-state index contributed by atoms with van der Waals surface area (Å²) in [5.41, 5.74) is 0.232. The van der Waals surface area contributed by atoms with E-state index in [9.17, 15) is 14.4 Å². The zero-order valence-corrected chi connectivity index (χ0v) is 16.8. The molecule has 2 atom stereocenters. The summed E-state index contributed by atoms with van der Waals surface area (Å²) in [5, 5.41) is 5.62. The molecule has 0 bridgehead atoms. The molecule has 9 nitrogen and oxygen atoms in total. The van der Waals surface area contributed by atoms with Crippen LogP contribution in [0.25, 0.3) is 0 Å². The number of imide groups is 1. The van der Waals surface area contributed by atoms with Crippen LogP contribution < -0.4 is 24.8 Å². The van der Waals surface area contributed by atoms with Crippen molar-refractivity contribution < 1.29 is 28.6 Å². The number of carbonyl (C=O) groups is 3. The molecule has 3 heterocycles. The molecule has 2 N–H and O–H groups in total. The summed E-state index contributed by atoms with van der Waals surface area (Å²) in [6, 6.07) is 11.6. The lowest BCUT2D eigenvalue weighted by Gasteiger charge is -2.33. The number of amides is 4. The molecular weight excluding hydrogens is 402 g/mol. The Hall–Kier alpha value is -3.75. The summed E-state index contributed by atoms with van der Waals surface area (Å²) in [4.78, 5) is 39.5. The number of benzene rings is 2. The lowest BCUT2D eigenvalue weighted by atomic mass is 9.84. The SMILES string of the molecule is C[C@@H](NC(=O)CN1C(=O)N[C@]2(CCOc3ccccc32)C1=O)c1ccc2c(c1)OCO2. The minimum absolute atomic E-state index is 0.168. The third kappa shape index (κ3) is 3.13. The van der Waals surface area contributed by atoms with Gasteiger partial charge in [0.1, 0.15) is 12.3 Å². The quantitative estimate of drug-likeness (QED) is 0.727. The summed E-state index contributed by atoms with van der Waals surface area (Å²) in [6.07, 6.45) is 0.306. The number of fused-ring (bicyclic) bond motifs is 3. The van der Waals surface area contributed by atoms with Crippen molar-refractivity contribution >= 4 is 17.8 Å². The molecule has 3 aliphatic heterocycles. The fourth-order valence-corrected chi connectivity index (χ4v) is 4.21. The first kappa shape index (κ1) is 19.2. The van der Waals surface area contributed by atoms with Crippen LogP contribution in [-0.2, 0) is 15.1 Å². The van der Waals surface area contributed by atoms with Gasteiger partial charge in [0, 0.05) is 12.0 Å². The van der Waals surface area contributed by atoms with E-state index in [4.69, 9.17) is 14.2 Å². The topological polar surface area (TPSA) is 106 Å². The standard InChI is InChI=1S/C22H21N3O6/c1-13(14-6-7-17-18(10-14)31-12-30-17)23-19(26)11-25-20(27)22(24-21(25)28)8-9-29-16-5-3-2-4-15(16)22/h2-7,10,13H,8-9,11-12H2,1H3,(H,23,26)(H,24,28)/t13-,22+/m1/s1. The highest BCUT2D eigenvalue weighted by molar-refractivity contribution is 6.09. The van der Waals surface area contributed by atoms with Crippen LogP contribution in [0.4, 0.5) is 4.79 Å². The van der Waals surface area contributed by atoms with E-state index < -0.39 is 23.4 Å². The Morgan fingerprint density at radius 1 is 1.13 bits per heavy atom. The van der Waals surface area contributed by atoms with Gasteiger partial charge in [-0.05, 0) is 30.7 Å². The van der Waals surface area contributed by atoms with Crippen molar-refractivity contribution in [1.82, 2.24) is 15.5 Å². The number of para-hydroxylation sites is 1. The second-order valence-corrected chi connectivity index (χ2v) is 7.72. The summed E-state index contributed by atoms with van der Waals surface area (Å²) in [6.45, 7) is 1.91. The molecule has 9 heteroatoms. The van der Waals surface area contributed by atoms with E-state index in [0.29, 0.717) is 35.8 Å². The zero-order chi connectivity index (χ0) is 21.6. The summed E-state index contributed by atoms with van der Waals surface area (Å²) < 4.78 is 16.3. The normalized spacial score (nSPS) is 22.0. The molecular formula is C22H21N3O6. The fraction of sp³-hybridized carbons (Fsp3) is 0.318. The predicted octanol–water partition coefficient (Wildman–Crippen LogP) is 1.82. The summed E-state index contributed by atoms with van der Waals surface area (Å²) in [7, 11) is 0. The Labute approximate surface area is 178 Å². The van der Waals surface area contributed by atoms with Crippen molar-refractivity contribution in [3.63, 3.8) is 0 Å². The average Bonchev–Trinajstić information content (AvgIpc) is 3.32. The molecule has 31 heavy (non-hydrogen) atoms. The molecule has 160 valence electrons. The molecule has 1 saturated heterocycles. The van der Waals surface area contributed by atoms with E-state index in [2.05, 4.69) is 10.6 Å². The Balaban J connectivity index is 1.30. The van der Waals surface area contributed by atoms with Crippen LogP contribution in [0.3, 0.4) is 0 Å². The van der Waals surface area contributed by atoms with Crippen molar-refractivity contribution in [3.8, 4) is 17.2 Å². The largest absolute Gasteiger partial charge is 0.493 e. The lowest BCUT2D eigenvalue weighted by molar-refractivity contribution is -0.136. The number of hydrogen-bond acceptors (Lipinski definition) is 6. The van der Waals surface area contributed by atoms with E-state index in [1.807, 2.05) is 19.1 Å². The van der Waals surface area contributed by atoms with Gasteiger partial charge in [0.2, 0.25) is 12.7 Å². The molecule has 0 saturated carbocycles. The van der Waals surface area contributed by atoms with Gasteiger partial charge in [0.25, 0.3) is 5.91 Å². The number of nitrogens with one attached hydrogen (secondary N) is 2. The average molecular weight is 423 g/mol. The van der Waals surface area contributed by atoms with Crippen molar-refractivity contribution in [2.24, 2.45) is 0 Å². The van der Waals surface area contributed by atoms with E-state index in [1.54, 1.807) is 30.3 Å². The van der Waals surface area contributed by atoms with Gasteiger partial charge in [0.05, 0.1) is 12.6 Å². The number of rotatable bonds is 4. The summed E-state index contributed by atoms with van der Waals surface area (Å²) >= 11 is 0. The monoisotopic (exact) mass is 423 g/mol. The molecule has 0 aliphatic carbocycles. The van der Waals surface area contributed by atoms with Crippen LogP contribution in [-0.4, -0.2) is 42.7 Å². The van der Waals surface area contributed by atoms with E-state index in [0.717, 1.165) is 10.5 Å². The maximum Gasteiger partial charge on any atom is 0.325 e. The Bertz CT molecular complexity index is 1090. The third-order valence-corrected chi connectivity index (χ3v) is 5.83. The van der Waals surface area contributed by atoms with Gasteiger partial charge in [-0.1, -0.05) is 24.3 Å². The molecule has 3 aliphatic rings. The summed E-state index contributed by atoms with van der Waals surface area (Å²) in [5.74, 6) is 0.951. The number of nitrogens with zero attached hydrogens (tertiary/aromatic N) is 1. The van der Waals surface area contributed by atoms with Gasteiger partial charge in [0.15, 0.2) is 17.0 Å². The fourth-order valence-electron chi connectivity index (χ4n) is 4.21. The second-order valence-electron chi connectivity index (χ2n) is 7.72. The highest BCUT2D eigenvalue weighted by Gasteiger charge is 2.55. The maximum atomic E-state index is 13.3. The number of carbonyl (C=O) groups excluding carboxylic acids is 3. The Morgan fingerprint density at radius 2 is 1.94 bits per heavy atom. The van der Waals surface area contributed by atoms with E-state index in [-0.39, 0.29) is 19.4 Å². The number of hydrogen-bond donors (Lipinski definition) is 2. The lowest BCUT2D eigenvalue weighted by Crippen LogP contribution is -2.48. The predicted molar refractivity (Wildman–Crippen MR) is 108 cm³/mol. The second kappa shape index (κ2) is 7.19. The van der Waals surface area contributed by atoms with Crippen molar-refractivity contribution in [2.45, 2.75) is 24.9 Å². The van der Waals surface area contributed by atoms with Gasteiger partial charge in [-0.2, -0.15) is 0 Å². The smallest absolute Gasteiger partial charge is 0.325 e. The zero-order valence-electron chi connectivity index (χ0n) is 16.8. The molecule has 5 rings (SSSR count). The Morgan fingerprint density at radius 3 is 2.81 bits per heavy atom. The Kier molecular flexibility index (Phi) is 4.46. The molecule has 4 amide bonds. The molecule has 1 fully saturated rings. The first-order valence-electron chi connectivity index (χ1n) is 10.0. The van der Waals surface area contributed by atoms with Crippen LogP contribution in [0.15, 0.2) is 42.5 Å². The molecule has 1 spiro atoms. The molecule has 0 radical (unpaired) electrons. The minimum atomic E-state index is -1.20. The minimum Gasteiger partial charge on any atom is -0.493 e. The maximum absolute atomic E-state index is 13.3. The van der Waals surface area contributed by atoms with Crippen LogP contribution in [0.5, 0.6) is 17.2 Å². The van der Waals surface area contributed by atoms with Crippen molar-refractivity contribution in [2.75, 3.05) is 19.9 Å². The van der Waals surface area contributed by atoms with Crippen LogP contribution in [0, 0.1) is 0 Å². The number of ether oxygens (including phenoxy) is 3. The van der Waals surface area contributed by atoms with Crippen LogP contribution in [0.2, 0.25) is 0 Å². The van der Waals surface area contributed by atoms with Crippen LogP contribution >= 0.6 is 0 Å². The first-order valence-corrected chi connectivity index (χ1v) is 10.0. The van der Waals surface area contributed by atoms with E-state index >= 15 is 0 Å². The van der Waals surface area contributed by atoms with Crippen LogP contribution in [0.1, 0.15) is 30.5 Å².